The van der Waals surface area contributed by atoms with Crippen LogP contribution in [0.5, 0.6) is 0 Å². The van der Waals surface area contributed by atoms with E-state index < -0.39 is 0 Å². The lowest BCUT2D eigenvalue weighted by Crippen LogP contribution is -2.32. The molecule has 2 atom stereocenters. The van der Waals surface area contributed by atoms with Crippen molar-refractivity contribution in [1.82, 2.24) is 0 Å². The normalized spacial score (nSPS) is 33.1. The second-order valence-electron chi connectivity index (χ2n) is 5.64. The Morgan fingerprint density at radius 3 is 2.53 bits per heavy atom. The zero-order valence-corrected chi connectivity index (χ0v) is 13.5. The lowest BCUT2D eigenvalue weighted by molar-refractivity contribution is -0.158. The van der Waals surface area contributed by atoms with Crippen LogP contribution in [0.3, 0.4) is 0 Å². The molecule has 0 aromatic carbocycles. The summed E-state index contributed by atoms with van der Waals surface area (Å²) in [4.78, 5) is 11.7. The van der Waals surface area contributed by atoms with Crippen LogP contribution in [-0.4, -0.2) is 28.6 Å². The molecule has 5 heteroatoms. The van der Waals surface area contributed by atoms with Gasteiger partial charge in [0.25, 0.3) is 0 Å². The highest BCUT2D eigenvalue weighted by Crippen LogP contribution is 2.40. The fourth-order valence-electron chi connectivity index (χ4n) is 2.86. The summed E-state index contributed by atoms with van der Waals surface area (Å²) in [7, 11) is 0. The van der Waals surface area contributed by atoms with Gasteiger partial charge in [-0.2, -0.15) is 0 Å². The highest BCUT2D eigenvalue weighted by molar-refractivity contribution is 9.10. The molecule has 0 aromatic heterocycles. The standard InChI is InChI=1S/C14H22BrClO3/c15-14(16)8-4-7-12(9-14)18-10-13(17)19-11-5-2-1-3-6-11/h11-12H,1-10H2. The fraction of sp³-hybridized carbons (Fsp3) is 0.929. The minimum Gasteiger partial charge on any atom is -0.461 e. The average molecular weight is 354 g/mol. The van der Waals surface area contributed by atoms with Crippen molar-refractivity contribution >= 4 is 33.5 Å². The van der Waals surface area contributed by atoms with Gasteiger partial charge in [0.1, 0.15) is 16.5 Å². The van der Waals surface area contributed by atoms with Crippen LogP contribution in [0.1, 0.15) is 57.8 Å². The van der Waals surface area contributed by atoms with Crippen LogP contribution in [-0.2, 0) is 14.3 Å². The van der Waals surface area contributed by atoms with Gasteiger partial charge < -0.3 is 9.47 Å². The molecular formula is C14H22BrClO3. The van der Waals surface area contributed by atoms with E-state index in [0.717, 1.165) is 38.5 Å². The van der Waals surface area contributed by atoms with Crippen molar-refractivity contribution in [3.63, 3.8) is 0 Å². The molecule has 0 saturated heterocycles. The molecule has 19 heavy (non-hydrogen) atoms. The molecule has 3 nitrogen and oxygen atoms in total. The van der Waals surface area contributed by atoms with E-state index in [1.54, 1.807) is 0 Å². The van der Waals surface area contributed by atoms with Crippen molar-refractivity contribution in [2.45, 2.75) is 73.8 Å². The number of esters is 1. The van der Waals surface area contributed by atoms with Crippen molar-refractivity contribution in [3.05, 3.63) is 0 Å². The maximum absolute atomic E-state index is 11.7. The van der Waals surface area contributed by atoms with Gasteiger partial charge in [-0.1, -0.05) is 22.4 Å². The molecule has 2 unspecified atom stereocenters. The number of hydrogen-bond acceptors (Lipinski definition) is 3. The lowest BCUT2D eigenvalue weighted by Gasteiger charge is -2.31. The van der Waals surface area contributed by atoms with Gasteiger partial charge in [0, 0.05) is 6.42 Å². The Bertz CT molecular complexity index is 303. The van der Waals surface area contributed by atoms with Gasteiger partial charge in [0.05, 0.1) is 6.10 Å². The van der Waals surface area contributed by atoms with Gasteiger partial charge in [0.2, 0.25) is 0 Å². The zero-order chi connectivity index (χ0) is 13.7. The second kappa shape index (κ2) is 7.28. The highest BCUT2D eigenvalue weighted by atomic mass is 79.9. The molecule has 0 amide bonds. The summed E-state index contributed by atoms with van der Waals surface area (Å²) < 4.78 is 10.7. The van der Waals surface area contributed by atoms with Gasteiger partial charge in [0.15, 0.2) is 0 Å². The molecule has 2 aliphatic carbocycles. The van der Waals surface area contributed by atoms with E-state index in [2.05, 4.69) is 15.9 Å². The number of hydrogen-bond donors (Lipinski definition) is 0. The van der Waals surface area contributed by atoms with E-state index in [1.165, 1.54) is 19.3 Å². The van der Waals surface area contributed by atoms with Crippen molar-refractivity contribution in [3.8, 4) is 0 Å². The van der Waals surface area contributed by atoms with Crippen molar-refractivity contribution < 1.29 is 14.3 Å². The molecule has 2 saturated carbocycles. The summed E-state index contributed by atoms with van der Waals surface area (Å²) in [6, 6.07) is 0. The van der Waals surface area contributed by atoms with Crippen LogP contribution in [0.15, 0.2) is 0 Å². The Morgan fingerprint density at radius 1 is 1.16 bits per heavy atom. The van der Waals surface area contributed by atoms with Gasteiger partial charge >= 0.3 is 5.97 Å². The molecule has 0 aromatic rings. The largest absolute Gasteiger partial charge is 0.461 e. The first-order valence-electron chi connectivity index (χ1n) is 7.24. The third-order valence-electron chi connectivity index (χ3n) is 3.88. The van der Waals surface area contributed by atoms with Crippen LogP contribution in [0.2, 0.25) is 0 Å². The smallest absolute Gasteiger partial charge is 0.332 e. The second-order valence-corrected chi connectivity index (χ2v) is 8.33. The van der Waals surface area contributed by atoms with E-state index in [9.17, 15) is 4.79 Å². The van der Waals surface area contributed by atoms with Gasteiger partial charge in [-0.15, -0.1) is 11.6 Å². The first-order chi connectivity index (χ1) is 9.05. The molecule has 2 aliphatic rings. The zero-order valence-electron chi connectivity index (χ0n) is 11.2. The summed E-state index contributed by atoms with van der Waals surface area (Å²) in [5.74, 6) is -0.229. The highest BCUT2D eigenvalue weighted by Gasteiger charge is 2.32. The number of ether oxygens (including phenoxy) is 2. The molecule has 110 valence electrons. The lowest BCUT2D eigenvalue weighted by atomic mass is 9.97. The average Bonchev–Trinajstić information content (AvgIpc) is 2.36. The van der Waals surface area contributed by atoms with E-state index in [4.69, 9.17) is 21.1 Å². The van der Waals surface area contributed by atoms with Crippen LogP contribution in [0.4, 0.5) is 0 Å². The van der Waals surface area contributed by atoms with E-state index in [1.807, 2.05) is 0 Å². The summed E-state index contributed by atoms with van der Waals surface area (Å²) in [6.45, 7) is 0.0567. The number of carbonyl (C=O) groups excluding carboxylic acids is 1. The molecule has 0 bridgehead atoms. The minimum atomic E-state index is -0.358. The minimum absolute atomic E-state index is 0.0567. The van der Waals surface area contributed by atoms with Gasteiger partial charge in [-0.25, -0.2) is 4.79 Å². The third kappa shape index (κ3) is 5.60. The fourth-order valence-corrected chi connectivity index (χ4v) is 3.80. The maximum Gasteiger partial charge on any atom is 0.332 e. The Hall–Kier alpha value is 0.200. The first-order valence-corrected chi connectivity index (χ1v) is 8.41. The molecule has 0 spiro atoms. The van der Waals surface area contributed by atoms with E-state index >= 15 is 0 Å². The first kappa shape index (κ1) is 15.6. The number of halogens is 2. The maximum atomic E-state index is 11.7. The van der Waals surface area contributed by atoms with Crippen LogP contribution < -0.4 is 0 Å². The Labute approximate surface area is 128 Å². The number of rotatable bonds is 4. The predicted molar refractivity (Wildman–Crippen MR) is 78.7 cm³/mol. The molecule has 0 heterocycles. The van der Waals surface area contributed by atoms with Gasteiger partial charge in [-0.3, -0.25) is 0 Å². The molecule has 0 N–H and O–H groups in total. The number of carbonyl (C=O) groups is 1. The topological polar surface area (TPSA) is 35.5 Å². The third-order valence-corrected chi connectivity index (χ3v) is 4.95. The quantitative estimate of drug-likeness (QED) is 0.562. The Morgan fingerprint density at radius 2 is 1.84 bits per heavy atom. The molecule has 2 fully saturated rings. The van der Waals surface area contributed by atoms with Crippen molar-refractivity contribution in [2.24, 2.45) is 0 Å². The monoisotopic (exact) mass is 352 g/mol. The summed E-state index contributed by atoms with van der Waals surface area (Å²) in [5.41, 5.74) is 0. The molecule has 0 aliphatic heterocycles. The summed E-state index contributed by atoms with van der Waals surface area (Å²) in [6.07, 6.45) is 9.45. The SMILES string of the molecule is O=C(COC1CCCC(Cl)(Br)C1)OC1CCCCC1. The van der Waals surface area contributed by atoms with E-state index in [0.29, 0.717) is 0 Å². The molecule has 0 radical (unpaired) electrons. The predicted octanol–water partition coefficient (Wildman–Crippen LogP) is 4.15. The van der Waals surface area contributed by atoms with Crippen LogP contribution in [0, 0.1) is 0 Å². The molecule has 2 rings (SSSR count). The van der Waals surface area contributed by atoms with Gasteiger partial charge in [-0.05, 0) is 44.9 Å². The summed E-state index contributed by atoms with van der Waals surface area (Å²) >= 11 is 9.75. The van der Waals surface area contributed by atoms with Crippen LogP contribution in [0.25, 0.3) is 0 Å². The van der Waals surface area contributed by atoms with E-state index in [-0.39, 0.29) is 28.6 Å². The Balaban J connectivity index is 1.65. The molecular weight excluding hydrogens is 332 g/mol. The summed E-state index contributed by atoms with van der Waals surface area (Å²) in [5, 5.41) is 0. The van der Waals surface area contributed by atoms with Crippen LogP contribution >= 0.6 is 27.5 Å². The number of alkyl halides is 2. The van der Waals surface area contributed by atoms with Crippen molar-refractivity contribution in [2.75, 3.05) is 6.61 Å². The van der Waals surface area contributed by atoms with Crippen molar-refractivity contribution in [1.29, 1.82) is 0 Å². The Kier molecular flexibility index (Phi) is 5.97.